The number of benzene rings is 2. The number of nitrogens with zero attached hydrogens (tertiary/aromatic N) is 2. The molecule has 1 aliphatic rings. The van der Waals surface area contributed by atoms with Crippen LogP contribution in [-0.4, -0.2) is 45.2 Å². The van der Waals surface area contributed by atoms with Crippen molar-refractivity contribution in [3.05, 3.63) is 53.1 Å². The summed E-state index contributed by atoms with van der Waals surface area (Å²) >= 11 is 0. The Morgan fingerprint density at radius 1 is 1.13 bits per heavy atom. The quantitative estimate of drug-likeness (QED) is 0.792. The molecule has 2 amide bonds. The van der Waals surface area contributed by atoms with E-state index < -0.39 is 21.3 Å². The summed E-state index contributed by atoms with van der Waals surface area (Å²) in [7, 11) is -0.866. The molecule has 8 heteroatoms. The molecule has 0 bridgehead atoms. The lowest BCUT2D eigenvalue weighted by Crippen LogP contribution is -2.35. The van der Waals surface area contributed by atoms with Crippen LogP contribution in [0.5, 0.6) is 0 Å². The van der Waals surface area contributed by atoms with Gasteiger partial charge in [-0.2, -0.15) is 4.31 Å². The Bertz CT molecular complexity index is 1140. The molecule has 0 aliphatic carbocycles. The molecule has 0 aromatic heterocycles. The first kappa shape index (κ1) is 22.0. The third kappa shape index (κ3) is 3.73. The zero-order valence-electron chi connectivity index (χ0n) is 18.1. The fourth-order valence-corrected chi connectivity index (χ4v) is 4.79. The molecule has 2 aromatic carbocycles. The van der Waals surface area contributed by atoms with E-state index in [9.17, 15) is 18.0 Å². The molecule has 0 atom stereocenters. The second-order valence-electron chi connectivity index (χ2n) is 8.30. The van der Waals surface area contributed by atoms with Crippen LogP contribution in [0.25, 0.3) is 0 Å². The summed E-state index contributed by atoms with van der Waals surface area (Å²) in [5.74, 6) is -0.514. The van der Waals surface area contributed by atoms with Crippen LogP contribution in [0.4, 0.5) is 11.4 Å². The summed E-state index contributed by atoms with van der Waals surface area (Å²) in [4.78, 5) is 26.5. The van der Waals surface area contributed by atoms with E-state index in [0.29, 0.717) is 16.9 Å². The fourth-order valence-electron chi connectivity index (χ4n) is 3.64. The highest BCUT2D eigenvalue weighted by molar-refractivity contribution is 7.89. The van der Waals surface area contributed by atoms with Gasteiger partial charge in [-0.25, -0.2) is 8.42 Å². The lowest BCUT2D eigenvalue weighted by atomic mass is 9.86. The predicted octanol–water partition coefficient (Wildman–Crippen LogP) is 2.82. The average molecular weight is 430 g/mol. The first-order valence-electron chi connectivity index (χ1n) is 9.62. The van der Waals surface area contributed by atoms with Crippen molar-refractivity contribution in [3.63, 3.8) is 0 Å². The minimum atomic E-state index is -3.91. The molecule has 0 radical (unpaired) electrons. The fraction of sp³-hybridized carbons (Fsp3) is 0.364. The number of likely N-dealkylation sites (N-methyl/N-ethyl adjacent to an activating group) is 2. The maximum absolute atomic E-state index is 13.1. The van der Waals surface area contributed by atoms with Crippen LogP contribution >= 0.6 is 0 Å². The smallest absolute Gasteiger partial charge is 0.243 e. The number of hydrogen-bond donors (Lipinski definition) is 1. The minimum Gasteiger partial charge on any atom is -0.325 e. The number of amides is 2. The van der Waals surface area contributed by atoms with E-state index >= 15 is 0 Å². The number of aryl methyl sites for hydroxylation is 2. The molecule has 7 nitrogen and oxygen atoms in total. The molecule has 160 valence electrons. The second-order valence-corrected chi connectivity index (χ2v) is 10.3. The monoisotopic (exact) mass is 429 g/mol. The summed E-state index contributed by atoms with van der Waals surface area (Å²) in [6, 6.07) is 10.3. The average Bonchev–Trinajstić information content (AvgIpc) is 2.84. The third-order valence-corrected chi connectivity index (χ3v) is 7.38. The van der Waals surface area contributed by atoms with Crippen LogP contribution in [0.2, 0.25) is 0 Å². The second kappa shape index (κ2) is 7.52. The third-order valence-electron chi connectivity index (χ3n) is 5.58. The normalized spacial score (nSPS) is 15.4. The van der Waals surface area contributed by atoms with Crippen LogP contribution < -0.4 is 10.2 Å². The van der Waals surface area contributed by atoms with Crippen LogP contribution in [0.3, 0.4) is 0 Å². The van der Waals surface area contributed by atoms with Crippen molar-refractivity contribution in [2.75, 3.05) is 30.9 Å². The van der Waals surface area contributed by atoms with Crippen molar-refractivity contribution in [2.24, 2.45) is 0 Å². The molecule has 30 heavy (non-hydrogen) atoms. The number of fused-ring (bicyclic) bond motifs is 1. The highest BCUT2D eigenvalue weighted by atomic mass is 32.2. The number of rotatable bonds is 5. The van der Waals surface area contributed by atoms with Gasteiger partial charge in [0.25, 0.3) is 0 Å². The van der Waals surface area contributed by atoms with Crippen molar-refractivity contribution in [1.82, 2.24) is 4.31 Å². The summed E-state index contributed by atoms with van der Waals surface area (Å²) < 4.78 is 27.1. The molecule has 0 saturated heterocycles. The lowest BCUT2D eigenvalue weighted by Gasteiger charge is -2.19. The van der Waals surface area contributed by atoms with Gasteiger partial charge in [-0.1, -0.05) is 12.1 Å². The van der Waals surface area contributed by atoms with Gasteiger partial charge in [0.2, 0.25) is 21.8 Å². The zero-order chi connectivity index (χ0) is 22.4. The van der Waals surface area contributed by atoms with Gasteiger partial charge in [0.15, 0.2) is 0 Å². The SMILES string of the molecule is Cc1ccc(C)c(NC(=O)CN(C)S(=O)(=O)c2ccc3c(c2)C(C)(C)C(=O)N3C)c1. The van der Waals surface area contributed by atoms with Gasteiger partial charge in [-0.05, 0) is 68.7 Å². The molecule has 0 unspecified atom stereocenters. The van der Waals surface area contributed by atoms with Gasteiger partial charge in [-0.15, -0.1) is 0 Å². The molecular weight excluding hydrogens is 402 g/mol. The molecule has 1 heterocycles. The number of nitrogens with one attached hydrogen (secondary N) is 1. The maximum atomic E-state index is 13.1. The van der Waals surface area contributed by atoms with Gasteiger partial charge >= 0.3 is 0 Å². The summed E-state index contributed by atoms with van der Waals surface area (Å²) in [5.41, 5.74) is 3.09. The van der Waals surface area contributed by atoms with E-state index in [2.05, 4.69) is 5.32 Å². The number of anilines is 2. The van der Waals surface area contributed by atoms with Crippen molar-refractivity contribution in [1.29, 1.82) is 0 Å². The maximum Gasteiger partial charge on any atom is 0.243 e. The number of hydrogen-bond acceptors (Lipinski definition) is 4. The van der Waals surface area contributed by atoms with Gasteiger partial charge in [0, 0.05) is 25.5 Å². The molecule has 1 aliphatic heterocycles. The van der Waals surface area contributed by atoms with Gasteiger partial charge in [0.1, 0.15) is 0 Å². The van der Waals surface area contributed by atoms with E-state index in [1.54, 1.807) is 27.0 Å². The van der Waals surface area contributed by atoms with Gasteiger partial charge in [0.05, 0.1) is 16.9 Å². The Labute approximate surface area is 177 Å². The number of sulfonamides is 1. The number of carbonyl (C=O) groups is 2. The first-order chi connectivity index (χ1) is 13.9. The molecule has 0 fully saturated rings. The van der Waals surface area contributed by atoms with E-state index in [1.165, 1.54) is 24.1 Å². The van der Waals surface area contributed by atoms with E-state index in [4.69, 9.17) is 0 Å². The molecular formula is C22H27N3O4S. The Kier molecular flexibility index (Phi) is 5.51. The standard InChI is InChI=1S/C22H27N3O4S/c1-14-7-8-15(2)18(11-14)23-20(26)13-24(5)30(28,29)16-9-10-19-17(12-16)22(3,4)21(27)25(19)6/h7-12H,13H2,1-6H3,(H,23,26). The Hall–Kier alpha value is -2.71. The Morgan fingerprint density at radius 3 is 2.47 bits per heavy atom. The summed E-state index contributed by atoms with van der Waals surface area (Å²) in [6.45, 7) is 7.02. The predicted molar refractivity (Wildman–Crippen MR) is 117 cm³/mol. The van der Waals surface area contributed by atoms with E-state index in [1.807, 2.05) is 32.0 Å². The summed E-state index contributed by atoms with van der Waals surface area (Å²) in [6.07, 6.45) is 0. The molecule has 3 rings (SSSR count). The van der Waals surface area contributed by atoms with Crippen molar-refractivity contribution in [2.45, 2.75) is 38.0 Å². The van der Waals surface area contributed by atoms with Crippen LogP contribution in [0, 0.1) is 13.8 Å². The Morgan fingerprint density at radius 2 is 1.80 bits per heavy atom. The van der Waals surface area contributed by atoms with E-state index in [-0.39, 0.29) is 17.3 Å². The molecule has 0 saturated carbocycles. The first-order valence-corrected chi connectivity index (χ1v) is 11.1. The lowest BCUT2D eigenvalue weighted by molar-refractivity contribution is -0.121. The van der Waals surface area contributed by atoms with Crippen LogP contribution in [0.15, 0.2) is 41.3 Å². The van der Waals surface area contributed by atoms with Gasteiger partial charge < -0.3 is 10.2 Å². The number of carbonyl (C=O) groups excluding carboxylic acids is 2. The largest absolute Gasteiger partial charge is 0.325 e. The minimum absolute atomic E-state index is 0.0551. The summed E-state index contributed by atoms with van der Waals surface area (Å²) in [5, 5.41) is 2.78. The van der Waals surface area contributed by atoms with Gasteiger partial charge in [-0.3, -0.25) is 9.59 Å². The highest BCUT2D eigenvalue weighted by Crippen LogP contribution is 2.41. The zero-order valence-corrected chi connectivity index (χ0v) is 18.9. The molecule has 1 N–H and O–H groups in total. The highest BCUT2D eigenvalue weighted by Gasteiger charge is 2.43. The molecule has 0 spiro atoms. The van der Waals surface area contributed by atoms with E-state index in [0.717, 1.165) is 15.4 Å². The van der Waals surface area contributed by atoms with Crippen LogP contribution in [-0.2, 0) is 25.0 Å². The van der Waals surface area contributed by atoms with Crippen molar-refractivity contribution >= 4 is 33.2 Å². The van der Waals surface area contributed by atoms with Crippen LogP contribution in [0.1, 0.15) is 30.5 Å². The molecule has 2 aromatic rings. The topological polar surface area (TPSA) is 86.8 Å². The van der Waals surface area contributed by atoms with Crippen molar-refractivity contribution < 1.29 is 18.0 Å². The van der Waals surface area contributed by atoms with Crippen molar-refractivity contribution in [3.8, 4) is 0 Å². The Balaban J connectivity index is 1.82.